The van der Waals surface area contributed by atoms with E-state index in [9.17, 15) is 4.79 Å². The summed E-state index contributed by atoms with van der Waals surface area (Å²) in [5.74, 6) is 1.77. The van der Waals surface area contributed by atoms with Crippen molar-refractivity contribution in [1.29, 1.82) is 0 Å². The Morgan fingerprint density at radius 3 is 2.47 bits per heavy atom. The molecule has 0 aliphatic carbocycles. The van der Waals surface area contributed by atoms with E-state index in [1.54, 1.807) is 11.3 Å². The van der Waals surface area contributed by atoms with Gasteiger partial charge >= 0.3 is 0 Å². The van der Waals surface area contributed by atoms with Gasteiger partial charge in [0.1, 0.15) is 5.75 Å². The fourth-order valence-corrected chi connectivity index (χ4v) is 5.37. The Bertz CT molecular complexity index is 1260. The highest BCUT2D eigenvalue weighted by Gasteiger charge is 2.20. The van der Waals surface area contributed by atoms with Crippen LogP contribution in [0.15, 0.2) is 59.1 Å². The van der Waals surface area contributed by atoms with Gasteiger partial charge in [-0.15, -0.1) is 21.5 Å². The van der Waals surface area contributed by atoms with E-state index < -0.39 is 0 Å². The van der Waals surface area contributed by atoms with Crippen LogP contribution in [0.5, 0.6) is 5.75 Å². The number of thioether (sulfide) groups is 1. The number of benzene rings is 2. The molecule has 1 amide bonds. The van der Waals surface area contributed by atoms with Gasteiger partial charge < -0.3 is 14.6 Å². The molecule has 2 heterocycles. The number of carbonyl (C=O) groups is 1. The van der Waals surface area contributed by atoms with Crippen LogP contribution < -0.4 is 10.1 Å². The zero-order valence-corrected chi connectivity index (χ0v) is 21.4. The molecule has 8 heteroatoms. The standard InChI is InChI=1S/C26H28N4O2S2/c1-5-30-25(22-15-33-18(4)24(22)19-9-7-17(3)8-10-19)28-29-26(30)34-16-23(31)27-20-11-13-21(14-12-20)32-6-2/h7-15H,5-6,16H2,1-4H3,(H,27,31). The quantitative estimate of drug-likeness (QED) is 0.272. The van der Waals surface area contributed by atoms with E-state index >= 15 is 0 Å². The van der Waals surface area contributed by atoms with Gasteiger partial charge in [0.25, 0.3) is 0 Å². The summed E-state index contributed by atoms with van der Waals surface area (Å²) in [6.45, 7) is 9.57. The van der Waals surface area contributed by atoms with Crippen LogP contribution >= 0.6 is 23.1 Å². The lowest BCUT2D eigenvalue weighted by molar-refractivity contribution is -0.113. The van der Waals surface area contributed by atoms with Crippen molar-refractivity contribution in [2.45, 2.75) is 39.4 Å². The van der Waals surface area contributed by atoms with E-state index in [0.717, 1.165) is 28.0 Å². The highest BCUT2D eigenvalue weighted by molar-refractivity contribution is 7.99. The van der Waals surface area contributed by atoms with E-state index in [0.29, 0.717) is 13.2 Å². The maximum absolute atomic E-state index is 12.5. The molecule has 1 N–H and O–H groups in total. The van der Waals surface area contributed by atoms with Crippen molar-refractivity contribution in [2.75, 3.05) is 17.7 Å². The topological polar surface area (TPSA) is 69.0 Å². The third kappa shape index (κ3) is 5.34. The molecule has 0 fully saturated rings. The van der Waals surface area contributed by atoms with Crippen molar-refractivity contribution in [1.82, 2.24) is 14.8 Å². The average Bonchev–Trinajstić information content (AvgIpc) is 3.42. The average molecular weight is 493 g/mol. The first-order valence-corrected chi connectivity index (χ1v) is 13.1. The van der Waals surface area contributed by atoms with Crippen LogP contribution in [0, 0.1) is 13.8 Å². The number of aryl methyl sites for hydroxylation is 2. The van der Waals surface area contributed by atoms with Gasteiger partial charge in [0.15, 0.2) is 11.0 Å². The summed E-state index contributed by atoms with van der Waals surface area (Å²) >= 11 is 3.11. The maximum atomic E-state index is 12.5. The second kappa shape index (κ2) is 10.9. The van der Waals surface area contributed by atoms with Gasteiger partial charge in [-0.25, -0.2) is 0 Å². The van der Waals surface area contributed by atoms with Crippen molar-refractivity contribution in [3.05, 3.63) is 64.4 Å². The number of amides is 1. The molecule has 176 valence electrons. The summed E-state index contributed by atoms with van der Waals surface area (Å²) in [6.07, 6.45) is 0. The summed E-state index contributed by atoms with van der Waals surface area (Å²) in [4.78, 5) is 13.8. The normalized spacial score (nSPS) is 10.9. The van der Waals surface area contributed by atoms with Gasteiger partial charge in [-0.3, -0.25) is 4.79 Å². The van der Waals surface area contributed by atoms with Gasteiger partial charge in [-0.2, -0.15) is 0 Å². The van der Waals surface area contributed by atoms with E-state index in [1.807, 2.05) is 31.2 Å². The number of anilines is 1. The molecule has 4 aromatic rings. The predicted molar refractivity (Wildman–Crippen MR) is 141 cm³/mol. The molecule has 0 spiro atoms. The lowest BCUT2D eigenvalue weighted by Gasteiger charge is -2.10. The minimum absolute atomic E-state index is 0.0897. The fourth-order valence-electron chi connectivity index (χ4n) is 3.71. The Balaban J connectivity index is 1.49. The molecule has 34 heavy (non-hydrogen) atoms. The van der Waals surface area contributed by atoms with Crippen molar-refractivity contribution >= 4 is 34.7 Å². The van der Waals surface area contributed by atoms with E-state index in [4.69, 9.17) is 4.74 Å². The largest absolute Gasteiger partial charge is 0.494 e. The smallest absolute Gasteiger partial charge is 0.234 e. The van der Waals surface area contributed by atoms with Crippen LogP contribution in [-0.4, -0.2) is 33.0 Å². The molecule has 0 saturated heterocycles. The Morgan fingerprint density at radius 1 is 1.06 bits per heavy atom. The molecule has 0 aliphatic heterocycles. The van der Waals surface area contributed by atoms with Crippen LogP contribution in [0.25, 0.3) is 22.5 Å². The van der Waals surface area contributed by atoms with E-state index in [-0.39, 0.29) is 11.7 Å². The number of nitrogens with zero attached hydrogens (tertiary/aromatic N) is 3. The third-order valence-corrected chi connectivity index (χ3v) is 7.25. The Kier molecular flexibility index (Phi) is 7.70. The third-order valence-electron chi connectivity index (χ3n) is 5.37. The number of carbonyl (C=O) groups excluding carboxylic acids is 1. The summed E-state index contributed by atoms with van der Waals surface area (Å²) in [7, 11) is 0. The molecule has 0 radical (unpaired) electrons. The number of rotatable bonds is 9. The van der Waals surface area contributed by atoms with Crippen molar-refractivity contribution in [2.24, 2.45) is 0 Å². The second-order valence-corrected chi connectivity index (χ2v) is 9.82. The minimum Gasteiger partial charge on any atom is -0.494 e. The lowest BCUT2D eigenvalue weighted by Crippen LogP contribution is -2.14. The van der Waals surface area contributed by atoms with Gasteiger partial charge in [0.2, 0.25) is 5.91 Å². The van der Waals surface area contributed by atoms with Gasteiger partial charge in [-0.05, 0) is 57.5 Å². The molecule has 0 saturated carbocycles. The summed E-state index contributed by atoms with van der Waals surface area (Å²) in [5.41, 5.74) is 5.41. The molecular weight excluding hydrogens is 464 g/mol. The fraction of sp³-hybridized carbons (Fsp3) is 0.269. The van der Waals surface area contributed by atoms with Gasteiger partial charge in [-0.1, -0.05) is 41.6 Å². The molecule has 4 rings (SSSR count). The van der Waals surface area contributed by atoms with Crippen molar-refractivity contribution in [3.63, 3.8) is 0 Å². The molecule has 2 aromatic heterocycles. The van der Waals surface area contributed by atoms with Gasteiger partial charge in [0, 0.05) is 33.6 Å². The summed E-state index contributed by atoms with van der Waals surface area (Å²) < 4.78 is 7.52. The van der Waals surface area contributed by atoms with Crippen LogP contribution in [0.3, 0.4) is 0 Å². The van der Waals surface area contributed by atoms with E-state index in [2.05, 4.69) is 70.5 Å². The SMILES string of the molecule is CCOc1ccc(NC(=O)CSc2nnc(-c3csc(C)c3-c3ccc(C)cc3)n2CC)cc1. The number of ether oxygens (including phenoxy) is 1. The lowest BCUT2D eigenvalue weighted by atomic mass is 10.0. The molecular formula is C26H28N4O2S2. The second-order valence-electron chi connectivity index (χ2n) is 7.79. The molecule has 0 unspecified atom stereocenters. The Hall–Kier alpha value is -3.10. The summed E-state index contributed by atoms with van der Waals surface area (Å²) in [5, 5.41) is 14.7. The predicted octanol–water partition coefficient (Wildman–Crippen LogP) is 6.44. The van der Waals surface area contributed by atoms with Crippen molar-refractivity contribution < 1.29 is 9.53 Å². The van der Waals surface area contributed by atoms with Crippen LogP contribution in [-0.2, 0) is 11.3 Å². The number of hydrogen-bond donors (Lipinski definition) is 1. The number of thiophene rings is 1. The maximum Gasteiger partial charge on any atom is 0.234 e. The van der Waals surface area contributed by atoms with Crippen LogP contribution in [0.2, 0.25) is 0 Å². The van der Waals surface area contributed by atoms with Crippen LogP contribution in [0.4, 0.5) is 5.69 Å². The number of aromatic nitrogens is 3. The summed E-state index contributed by atoms with van der Waals surface area (Å²) in [6, 6.07) is 15.9. The number of nitrogens with one attached hydrogen (secondary N) is 1. The molecule has 0 aliphatic rings. The minimum atomic E-state index is -0.0897. The highest BCUT2D eigenvalue weighted by atomic mass is 32.2. The molecule has 6 nitrogen and oxygen atoms in total. The first-order valence-electron chi connectivity index (χ1n) is 11.2. The highest BCUT2D eigenvalue weighted by Crippen LogP contribution is 2.39. The van der Waals surface area contributed by atoms with Crippen molar-refractivity contribution in [3.8, 4) is 28.3 Å². The number of hydrogen-bond acceptors (Lipinski definition) is 6. The molecule has 0 atom stereocenters. The van der Waals surface area contributed by atoms with Gasteiger partial charge in [0.05, 0.1) is 12.4 Å². The first kappa shape index (κ1) is 24.0. The van der Waals surface area contributed by atoms with Crippen LogP contribution in [0.1, 0.15) is 24.3 Å². The Labute approximate surface area is 208 Å². The monoisotopic (exact) mass is 492 g/mol. The van der Waals surface area contributed by atoms with E-state index in [1.165, 1.54) is 33.3 Å². The zero-order chi connectivity index (χ0) is 24.1. The molecule has 0 bridgehead atoms. The first-order chi connectivity index (χ1) is 16.5. The Morgan fingerprint density at radius 2 is 1.79 bits per heavy atom. The molecule has 2 aromatic carbocycles. The zero-order valence-electron chi connectivity index (χ0n) is 19.8.